The van der Waals surface area contributed by atoms with E-state index in [4.69, 9.17) is 4.74 Å². The molecule has 1 fully saturated rings. The van der Waals surface area contributed by atoms with Crippen molar-refractivity contribution >= 4 is 6.03 Å². The third-order valence-electron chi connectivity index (χ3n) is 4.23. The van der Waals surface area contributed by atoms with Gasteiger partial charge in [0.1, 0.15) is 11.6 Å². The lowest BCUT2D eigenvalue weighted by Crippen LogP contribution is -2.46. The van der Waals surface area contributed by atoms with Gasteiger partial charge in [-0.05, 0) is 44.2 Å². The van der Waals surface area contributed by atoms with Crippen LogP contribution in [-0.4, -0.2) is 43.0 Å². The molecule has 0 spiro atoms. The number of halogens is 2. The molecule has 24 heavy (non-hydrogen) atoms. The Labute approximate surface area is 140 Å². The van der Waals surface area contributed by atoms with Crippen LogP contribution >= 0.6 is 0 Å². The molecule has 1 aromatic rings. The first-order valence-electron chi connectivity index (χ1n) is 8.20. The van der Waals surface area contributed by atoms with E-state index < -0.39 is 29.8 Å². The van der Waals surface area contributed by atoms with Gasteiger partial charge in [0.05, 0.1) is 6.10 Å². The van der Waals surface area contributed by atoms with E-state index in [9.17, 15) is 18.7 Å². The van der Waals surface area contributed by atoms with Gasteiger partial charge in [0.25, 0.3) is 0 Å². The fraction of sp³-hybridized carbons (Fsp3) is 0.588. The SMILES string of the molecule is C[C@H](Cc1c(F)cccc1F)NC(=O)NC[C@@H](O)C1CCOCC1. The highest BCUT2D eigenvalue weighted by molar-refractivity contribution is 5.74. The number of hydrogen-bond acceptors (Lipinski definition) is 3. The Morgan fingerprint density at radius 2 is 1.96 bits per heavy atom. The lowest BCUT2D eigenvalue weighted by Gasteiger charge is -2.27. The number of nitrogens with one attached hydrogen (secondary N) is 2. The second-order valence-electron chi connectivity index (χ2n) is 6.18. The number of ether oxygens (including phenoxy) is 1. The molecule has 1 aliphatic rings. The summed E-state index contributed by atoms with van der Waals surface area (Å²) < 4.78 is 32.4. The van der Waals surface area contributed by atoms with E-state index in [0.29, 0.717) is 13.2 Å². The van der Waals surface area contributed by atoms with Gasteiger partial charge in [0, 0.05) is 31.4 Å². The zero-order valence-electron chi connectivity index (χ0n) is 13.7. The highest BCUT2D eigenvalue weighted by atomic mass is 19.1. The van der Waals surface area contributed by atoms with Crippen LogP contribution in [0.2, 0.25) is 0 Å². The average molecular weight is 342 g/mol. The van der Waals surface area contributed by atoms with Crippen molar-refractivity contribution in [1.29, 1.82) is 0 Å². The molecule has 1 heterocycles. The second kappa shape index (κ2) is 8.94. The Morgan fingerprint density at radius 1 is 1.33 bits per heavy atom. The van der Waals surface area contributed by atoms with E-state index in [-0.39, 0.29) is 24.4 Å². The number of aliphatic hydroxyl groups excluding tert-OH is 1. The number of carbonyl (C=O) groups excluding carboxylic acids is 1. The molecule has 1 aromatic carbocycles. The number of amides is 2. The third kappa shape index (κ3) is 5.42. The minimum absolute atomic E-state index is 0.0486. The summed E-state index contributed by atoms with van der Waals surface area (Å²) in [7, 11) is 0. The number of carbonyl (C=O) groups is 1. The monoisotopic (exact) mass is 342 g/mol. The van der Waals surface area contributed by atoms with Crippen molar-refractivity contribution in [1.82, 2.24) is 10.6 Å². The summed E-state index contributed by atoms with van der Waals surface area (Å²) in [6.45, 7) is 3.05. The summed E-state index contributed by atoms with van der Waals surface area (Å²) in [6, 6.07) is 2.77. The minimum Gasteiger partial charge on any atom is -0.391 e. The normalized spacial score (nSPS) is 18.0. The van der Waals surface area contributed by atoms with Gasteiger partial charge >= 0.3 is 6.03 Å². The van der Waals surface area contributed by atoms with Gasteiger partial charge in [0.15, 0.2) is 0 Å². The summed E-state index contributed by atoms with van der Waals surface area (Å²) in [5.74, 6) is -1.14. The summed E-state index contributed by atoms with van der Waals surface area (Å²) in [4.78, 5) is 11.9. The van der Waals surface area contributed by atoms with E-state index >= 15 is 0 Å². The van der Waals surface area contributed by atoms with Crippen molar-refractivity contribution in [3.8, 4) is 0 Å². The molecule has 0 unspecified atom stereocenters. The van der Waals surface area contributed by atoms with E-state index in [2.05, 4.69) is 10.6 Å². The van der Waals surface area contributed by atoms with Crippen molar-refractivity contribution in [3.05, 3.63) is 35.4 Å². The maximum absolute atomic E-state index is 13.6. The molecule has 2 amide bonds. The third-order valence-corrected chi connectivity index (χ3v) is 4.23. The largest absolute Gasteiger partial charge is 0.391 e. The van der Waals surface area contributed by atoms with Gasteiger partial charge < -0.3 is 20.5 Å². The Kier molecular flexibility index (Phi) is 6.93. The number of urea groups is 1. The number of hydrogen-bond donors (Lipinski definition) is 3. The quantitative estimate of drug-likeness (QED) is 0.740. The van der Waals surface area contributed by atoms with E-state index in [1.165, 1.54) is 18.2 Å². The Morgan fingerprint density at radius 3 is 2.58 bits per heavy atom. The molecule has 2 rings (SSSR count). The van der Waals surface area contributed by atoms with Gasteiger partial charge in [-0.15, -0.1) is 0 Å². The zero-order chi connectivity index (χ0) is 17.5. The topological polar surface area (TPSA) is 70.6 Å². The molecule has 134 valence electrons. The molecule has 0 aromatic heterocycles. The molecule has 2 atom stereocenters. The van der Waals surface area contributed by atoms with Gasteiger partial charge in [-0.2, -0.15) is 0 Å². The summed E-state index contributed by atoms with van der Waals surface area (Å²) in [5.41, 5.74) is -0.0486. The van der Waals surface area contributed by atoms with Crippen molar-refractivity contribution < 1.29 is 23.4 Å². The van der Waals surface area contributed by atoms with Crippen molar-refractivity contribution in [2.45, 2.75) is 38.3 Å². The highest BCUT2D eigenvalue weighted by Gasteiger charge is 2.22. The molecule has 1 aliphatic heterocycles. The predicted molar refractivity (Wildman–Crippen MR) is 85.6 cm³/mol. The van der Waals surface area contributed by atoms with Gasteiger partial charge in [-0.1, -0.05) is 6.07 Å². The van der Waals surface area contributed by atoms with Gasteiger partial charge in [-0.3, -0.25) is 0 Å². The van der Waals surface area contributed by atoms with E-state index in [1.54, 1.807) is 6.92 Å². The van der Waals surface area contributed by atoms with Crippen LogP contribution in [0.1, 0.15) is 25.3 Å². The molecule has 3 N–H and O–H groups in total. The maximum atomic E-state index is 13.6. The van der Waals surface area contributed by atoms with Crippen LogP contribution in [0.4, 0.5) is 13.6 Å². The fourth-order valence-electron chi connectivity index (χ4n) is 2.82. The Bertz CT molecular complexity index is 530. The first kappa shape index (κ1) is 18.6. The van der Waals surface area contributed by atoms with Crippen LogP contribution in [0.25, 0.3) is 0 Å². The van der Waals surface area contributed by atoms with Crippen LogP contribution in [0, 0.1) is 17.6 Å². The Hall–Kier alpha value is -1.73. The number of aliphatic hydroxyl groups is 1. The molecule has 1 saturated heterocycles. The molecular formula is C17H24F2N2O3. The molecule has 0 radical (unpaired) electrons. The lowest BCUT2D eigenvalue weighted by molar-refractivity contribution is 0.00949. The summed E-state index contributed by atoms with van der Waals surface area (Å²) in [6.07, 6.45) is 0.967. The summed E-state index contributed by atoms with van der Waals surface area (Å²) in [5, 5.41) is 15.3. The van der Waals surface area contributed by atoms with Crippen LogP contribution in [0.3, 0.4) is 0 Å². The fourth-order valence-corrected chi connectivity index (χ4v) is 2.82. The maximum Gasteiger partial charge on any atom is 0.315 e. The van der Waals surface area contributed by atoms with Crippen LogP contribution in [-0.2, 0) is 11.2 Å². The molecule has 7 heteroatoms. The van der Waals surface area contributed by atoms with Crippen LogP contribution < -0.4 is 10.6 Å². The minimum atomic E-state index is -0.626. The molecule has 0 saturated carbocycles. The first-order chi connectivity index (χ1) is 11.5. The molecule has 0 bridgehead atoms. The lowest BCUT2D eigenvalue weighted by atomic mass is 9.94. The number of rotatable bonds is 6. The van der Waals surface area contributed by atoms with E-state index in [0.717, 1.165) is 12.8 Å². The van der Waals surface area contributed by atoms with Crippen LogP contribution in [0.15, 0.2) is 18.2 Å². The van der Waals surface area contributed by atoms with E-state index in [1.807, 2.05) is 0 Å². The molecule has 0 aliphatic carbocycles. The highest BCUT2D eigenvalue weighted by Crippen LogP contribution is 2.18. The zero-order valence-corrected chi connectivity index (χ0v) is 13.7. The average Bonchev–Trinajstić information content (AvgIpc) is 2.57. The summed E-state index contributed by atoms with van der Waals surface area (Å²) >= 11 is 0. The number of benzene rings is 1. The van der Waals surface area contributed by atoms with Gasteiger partial charge in [-0.25, -0.2) is 13.6 Å². The standard InChI is InChI=1S/C17H24F2N2O3/c1-11(9-13-14(18)3-2-4-15(13)19)21-17(23)20-10-16(22)12-5-7-24-8-6-12/h2-4,11-12,16,22H,5-10H2,1H3,(H2,20,21,23)/t11-,16-/m1/s1. The van der Waals surface area contributed by atoms with Crippen molar-refractivity contribution in [3.63, 3.8) is 0 Å². The molecular weight excluding hydrogens is 318 g/mol. The van der Waals surface area contributed by atoms with Gasteiger partial charge in [0.2, 0.25) is 0 Å². The van der Waals surface area contributed by atoms with Crippen molar-refractivity contribution in [2.24, 2.45) is 5.92 Å². The van der Waals surface area contributed by atoms with Crippen molar-refractivity contribution in [2.75, 3.05) is 19.8 Å². The smallest absolute Gasteiger partial charge is 0.315 e. The second-order valence-corrected chi connectivity index (χ2v) is 6.18. The van der Waals surface area contributed by atoms with Crippen LogP contribution in [0.5, 0.6) is 0 Å². The Balaban J connectivity index is 1.75. The predicted octanol–water partition coefficient (Wildman–Crippen LogP) is 1.98. The molecule has 5 nitrogen and oxygen atoms in total. The first-order valence-corrected chi connectivity index (χ1v) is 8.20.